The van der Waals surface area contributed by atoms with Gasteiger partial charge in [0, 0.05) is 11.8 Å². The number of aliphatic imine (C=N–C) groups is 1. The molecule has 0 radical (unpaired) electrons. The van der Waals surface area contributed by atoms with Gasteiger partial charge in [-0.2, -0.15) is 5.26 Å². The number of allylic oxidation sites excluding steroid dienone is 1. The van der Waals surface area contributed by atoms with Gasteiger partial charge < -0.3 is 10.8 Å². The standard InChI is InChI=1S/C25H23N3OS/c1-28-25(16-30-17-27)24(20-10-12-22(29)13-11-20)14-18-6-8-19(9-7-18)23-5-3-2-4-21(23)15-26/h2-13,16,24,29H,1,14,17,27H2/b25-16-. The van der Waals surface area contributed by atoms with Crippen LogP contribution in [0.15, 0.2) is 88.9 Å². The zero-order valence-electron chi connectivity index (χ0n) is 16.5. The number of aromatic hydroxyl groups is 1. The number of thioether (sulfide) groups is 1. The molecule has 3 aromatic carbocycles. The Balaban J connectivity index is 1.91. The van der Waals surface area contributed by atoms with Crippen LogP contribution in [-0.4, -0.2) is 17.7 Å². The molecule has 0 aliphatic carbocycles. The zero-order valence-corrected chi connectivity index (χ0v) is 17.3. The molecule has 0 saturated heterocycles. The summed E-state index contributed by atoms with van der Waals surface area (Å²) in [5, 5.41) is 21.0. The largest absolute Gasteiger partial charge is 0.508 e. The molecule has 0 aromatic heterocycles. The Morgan fingerprint density at radius 3 is 2.43 bits per heavy atom. The number of hydrogen-bond acceptors (Lipinski definition) is 5. The summed E-state index contributed by atoms with van der Waals surface area (Å²) in [6, 6.07) is 25.2. The number of rotatable bonds is 8. The number of phenols is 1. The normalized spacial score (nSPS) is 12.2. The van der Waals surface area contributed by atoms with Gasteiger partial charge in [-0.3, -0.25) is 4.99 Å². The minimum absolute atomic E-state index is 0.0144. The first kappa shape index (κ1) is 21.4. The molecule has 0 aliphatic heterocycles. The Labute approximate surface area is 181 Å². The fourth-order valence-corrected chi connectivity index (χ4v) is 3.86. The van der Waals surface area contributed by atoms with Crippen molar-refractivity contribution in [2.45, 2.75) is 12.3 Å². The van der Waals surface area contributed by atoms with Crippen molar-refractivity contribution in [3.63, 3.8) is 0 Å². The van der Waals surface area contributed by atoms with Crippen molar-refractivity contribution in [2.75, 3.05) is 5.88 Å². The molecule has 5 heteroatoms. The molecule has 1 unspecified atom stereocenters. The van der Waals surface area contributed by atoms with E-state index in [4.69, 9.17) is 5.73 Å². The van der Waals surface area contributed by atoms with E-state index in [1.165, 1.54) is 11.8 Å². The summed E-state index contributed by atoms with van der Waals surface area (Å²) in [6.07, 6.45) is 0.723. The number of phenolic OH excluding ortho intramolecular Hbond substituents is 1. The summed E-state index contributed by atoms with van der Waals surface area (Å²) in [4.78, 5) is 4.24. The molecular formula is C25H23N3OS. The number of nitrogens with two attached hydrogens (primary N) is 1. The fraction of sp³-hybridized carbons (Fsp3) is 0.120. The second kappa shape index (κ2) is 10.4. The van der Waals surface area contributed by atoms with Gasteiger partial charge in [0.05, 0.1) is 17.3 Å². The molecule has 3 aromatic rings. The van der Waals surface area contributed by atoms with Gasteiger partial charge >= 0.3 is 0 Å². The first-order valence-corrected chi connectivity index (χ1v) is 10.6. The van der Waals surface area contributed by atoms with E-state index >= 15 is 0 Å². The Hall–Kier alpha value is -3.33. The van der Waals surface area contributed by atoms with Crippen molar-refractivity contribution in [3.8, 4) is 22.9 Å². The molecule has 0 bridgehead atoms. The predicted octanol–water partition coefficient (Wildman–Crippen LogP) is 5.45. The Kier molecular flexibility index (Phi) is 7.45. The quantitative estimate of drug-likeness (QED) is 0.380. The van der Waals surface area contributed by atoms with Gasteiger partial charge in [0.25, 0.3) is 0 Å². The van der Waals surface area contributed by atoms with Crippen molar-refractivity contribution in [1.82, 2.24) is 0 Å². The highest BCUT2D eigenvalue weighted by Gasteiger charge is 2.17. The first-order chi connectivity index (χ1) is 14.7. The van der Waals surface area contributed by atoms with Crippen LogP contribution in [0.5, 0.6) is 5.75 Å². The summed E-state index contributed by atoms with van der Waals surface area (Å²) in [7, 11) is 0. The highest BCUT2D eigenvalue weighted by Crippen LogP contribution is 2.32. The molecule has 0 fully saturated rings. The van der Waals surface area contributed by atoms with Crippen molar-refractivity contribution in [1.29, 1.82) is 5.26 Å². The van der Waals surface area contributed by atoms with Crippen LogP contribution in [0.25, 0.3) is 11.1 Å². The molecule has 0 amide bonds. The van der Waals surface area contributed by atoms with E-state index in [0.29, 0.717) is 11.4 Å². The van der Waals surface area contributed by atoms with Crippen LogP contribution >= 0.6 is 11.8 Å². The summed E-state index contributed by atoms with van der Waals surface area (Å²) in [5.74, 6) is 0.680. The molecule has 0 spiro atoms. The maximum Gasteiger partial charge on any atom is 0.115 e. The highest BCUT2D eigenvalue weighted by molar-refractivity contribution is 8.02. The Morgan fingerprint density at radius 2 is 1.80 bits per heavy atom. The van der Waals surface area contributed by atoms with Crippen LogP contribution < -0.4 is 5.73 Å². The average molecular weight is 414 g/mol. The number of hydrogen-bond donors (Lipinski definition) is 2. The van der Waals surface area contributed by atoms with Crippen molar-refractivity contribution >= 4 is 18.5 Å². The summed E-state index contributed by atoms with van der Waals surface area (Å²) >= 11 is 1.48. The SMILES string of the molecule is C=N/C(=C\SCN)C(Cc1ccc(-c2ccccc2C#N)cc1)c1ccc(O)cc1. The lowest BCUT2D eigenvalue weighted by atomic mass is 9.89. The van der Waals surface area contributed by atoms with Gasteiger partial charge in [0.1, 0.15) is 5.75 Å². The van der Waals surface area contributed by atoms with E-state index in [1.54, 1.807) is 12.1 Å². The second-order valence-electron chi connectivity index (χ2n) is 6.74. The molecule has 0 heterocycles. The van der Waals surface area contributed by atoms with Gasteiger partial charge in [-0.15, -0.1) is 11.8 Å². The first-order valence-electron chi connectivity index (χ1n) is 9.52. The molecule has 4 nitrogen and oxygen atoms in total. The Bertz CT molecular complexity index is 1070. The van der Waals surface area contributed by atoms with Gasteiger partial charge in [-0.25, -0.2) is 0 Å². The monoisotopic (exact) mass is 413 g/mol. The summed E-state index contributed by atoms with van der Waals surface area (Å²) in [6.45, 7) is 3.74. The van der Waals surface area contributed by atoms with Gasteiger partial charge in [0.2, 0.25) is 0 Å². The van der Waals surface area contributed by atoms with E-state index in [0.717, 1.165) is 34.4 Å². The van der Waals surface area contributed by atoms with Crippen molar-refractivity contribution in [3.05, 3.63) is 101 Å². The molecular weight excluding hydrogens is 390 g/mol. The van der Waals surface area contributed by atoms with Crippen molar-refractivity contribution < 1.29 is 5.11 Å². The van der Waals surface area contributed by atoms with Crippen LogP contribution in [-0.2, 0) is 6.42 Å². The fourth-order valence-electron chi connectivity index (χ4n) is 3.35. The van der Waals surface area contributed by atoms with E-state index in [-0.39, 0.29) is 11.7 Å². The third kappa shape index (κ3) is 5.18. The third-order valence-electron chi connectivity index (χ3n) is 4.89. The van der Waals surface area contributed by atoms with E-state index in [2.05, 4.69) is 29.9 Å². The predicted molar refractivity (Wildman–Crippen MR) is 125 cm³/mol. The summed E-state index contributed by atoms with van der Waals surface area (Å²) < 4.78 is 0. The molecule has 30 heavy (non-hydrogen) atoms. The minimum atomic E-state index is -0.0144. The molecule has 0 aliphatic rings. The van der Waals surface area contributed by atoms with Gasteiger partial charge in [-0.1, -0.05) is 54.6 Å². The van der Waals surface area contributed by atoms with E-state index < -0.39 is 0 Å². The Morgan fingerprint density at radius 1 is 1.10 bits per heavy atom. The topological polar surface area (TPSA) is 82.4 Å². The van der Waals surface area contributed by atoms with E-state index in [9.17, 15) is 10.4 Å². The van der Waals surface area contributed by atoms with Crippen LogP contribution in [0.3, 0.4) is 0 Å². The number of nitrogens with zero attached hydrogens (tertiary/aromatic N) is 2. The lowest BCUT2D eigenvalue weighted by Gasteiger charge is -2.19. The van der Waals surface area contributed by atoms with Crippen LogP contribution in [0.1, 0.15) is 22.6 Å². The van der Waals surface area contributed by atoms with Crippen molar-refractivity contribution in [2.24, 2.45) is 10.7 Å². The number of benzene rings is 3. The van der Waals surface area contributed by atoms with Crippen LogP contribution in [0.2, 0.25) is 0 Å². The maximum atomic E-state index is 9.65. The molecule has 3 rings (SSSR count). The molecule has 0 saturated carbocycles. The lowest BCUT2D eigenvalue weighted by Crippen LogP contribution is -2.06. The van der Waals surface area contributed by atoms with E-state index in [1.807, 2.05) is 53.9 Å². The second-order valence-corrected chi connectivity index (χ2v) is 7.64. The zero-order chi connectivity index (χ0) is 21.3. The summed E-state index contributed by atoms with van der Waals surface area (Å²) in [5.41, 5.74) is 11.3. The number of nitriles is 1. The smallest absolute Gasteiger partial charge is 0.115 e. The average Bonchev–Trinajstić information content (AvgIpc) is 2.80. The maximum absolute atomic E-state index is 9.65. The molecule has 3 N–H and O–H groups in total. The van der Waals surface area contributed by atoms with Gasteiger partial charge in [0.15, 0.2) is 0 Å². The molecule has 1 atom stereocenters. The molecule has 150 valence electrons. The van der Waals surface area contributed by atoms with Crippen LogP contribution in [0.4, 0.5) is 0 Å². The lowest BCUT2D eigenvalue weighted by molar-refractivity contribution is 0.475. The van der Waals surface area contributed by atoms with Crippen LogP contribution in [0, 0.1) is 11.3 Å². The highest BCUT2D eigenvalue weighted by atomic mass is 32.2. The third-order valence-corrected chi connectivity index (χ3v) is 5.49. The van der Waals surface area contributed by atoms with Gasteiger partial charge in [-0.05, 0) is 59.0 Å². The minimum Gasteiger partial charge on any atom is -0.508 e.